The van der Waals surface area contributed by atoms with Gasteiger partial charge in [-0.25, -0.2) is 5.01 Å². The molecule has 0 aromatic carbocycles. The normalized spacial score (nSPS) is 17.6. The fourth-order valence-corrected chi connectivity index (χ4v) is 1.37. The maximum absolute atomic E-state index is 11.5. The fraction of sp³-hybridized carbons (Fsp3) is 0.818. The average Bonchev–Trinajstić information content (AvgIpc) is 2.43. The summed E-state index contributed by atoms with van der Waals surface area (Å²) in [7, 11) is 0. The second-order valence-corrected chi connectivity index (χ2v) is 4.84. The van der Waals surface area contributed by atoms with E-state index in [1.165, 1.54) is 0 Å². The first kappa shape index (κ1) is 11.2. The zero-order valence-electron chi connectivity index (χ0n) is 9.63. The minimum Gasteiger partial charge on any atom is -0.273 e. The first-order valence-electron chi connectivity index (χ1n) is 5.33. The molecular weight excluding hydrogens is 176 g/mol. The fourth-order valence-electron chi connectivity index (χ4n) is 1.37. The van der Waals surface area contributed by atoms with Gasteiger partial charge >= 0.3 is 0 Å². The number of hydrogen-bond donors (Lipinski definition) is 0. The van der Waals surface area contributed by atoms with Gasteiger partial charge in [0.25, 0.3) is 0 Å². The van der Waals surface area contributed by atoms with Crippen LogP contribution in [0.3, 0.4) is 0 Å². The van der Waals surface area contributed by atoms with Gasteiger partial charge < -0.3 is 0 Å². The average molecular weight is 196 g/mol. The third kappa shape index (κ3) is 2.56. The Morgan fingerprint density at radius 3 is 2.50 bits per heavy atom. The molecule has 3 heteroatoms. The molecular formula is C11H20N2O. The van der Waals surface area contributed by atoms with Crippen molar-refractivity contribution in [2.45, 2.75) is 47.0 Å². The highest BCUT2D eigenvalue weighted by Crippen LogP contribution is 2.24. The lowest BCUT2D eigenvalue weighted by atomic mass is 9.88. The van der Waals surface area contributed by atoms with Crippen LogP contribution in [0, 0.1) is 5.41 Å². The van der Waals surface area contributed by atoms with Crippen molar-refractivity contribution in [3.8, 4) is 0 Å². The molecule has 1 aliphatic heterocycles. The van der Waals surface area contributed by atoms with E-state index in [1.807, 2.05) is 0 Å². The van der Waals surface area contributed by atoms with Crippen molar-refractivity contribution >= 4 is 11.6 Å². The quantitative estimate of drug-likeness (QED) is 0.682. The highest BCUT2D eigenvalue weighted by molar-refractivity contribution is 6.07. The molecule has 1 aliphatic rings. The minimum atomic E-state index is 0.0244. The molecule has 0 atom stereocenters. The molecule has 1 amide bonds. The number of unbranched alkanes of at least 4 members (excludes halogenated alkanes) is 1. The first-order chi connectivity index (χ1) is 6.45. The number of carbonyl (C=O) groups excluding carboxylic acids is 1. The standard InChI is InChI=1S/C11H20N2O/c1-5-6-7-13-10(14)8-9(12-13)11(2,3)4/h5-8H2,1-4H3. The minimum absolute atomic E-state index is 0.0244. The molecule has 14 heavy (non-hydrogen) atoms. The predicted octanol–water partition coefficient (Wildman–Crippen LogP) is 2.42. The Hall–Kier alpha value is -0.860. The molecule has 1 rings (SSSR count). The molecule has 80 valence electrons. The van der Waals surface area contributed by atoms with E-state index >= 15 is 0 Å². The van der Waals surface area contributed by atoms with Crippen LogP contribution in [0.1, 0.15) is 47.0 Å². The topological polar surface area (TPSA) is 32.7 Å². The zero-order chi connectivity index (χ0) is 10.8. The van der Waals surface area contributed by atoms with Crippen molar-refractivity contribution in [3.63, 3.8) is 0 Å². The lowest BCUT2D eigenvalue weighted by Crippen LogP contribution is -2.21. The van der Waals surface area contributed by atoms with Gasteiger partial charge in [0.15, 0.2) is 0 Å². The van der Waals surface area contributed by atoms with Gasteiger partial charge in [-0.15, -0.1) is 0 Å². The summed E-state index contributed by atoms with van der Waals surface area (Å²) in [4.78, 5) is 11.5. The number of hydrazone groups is 1. The van der Waals surface area contributed by atoms with Gasteiger partial charge in [-0.3, -0.25) is 4.79 Å². The highest BCUT2D eigenvalue weighted by atomic mass is 16.2. The van der Waals surface area contributed by atoms with Crippen molar-refractivity contribution in [2.24, 2.45) is 10.5 Å². The lowest BCUT2D eigenvalue weighted by Gasteiger charge is -2.16. The van der Waals surface area contributed by atoms with Gasteiger partial charge in [0.2, 0.25) is 5.91 Å². The van der Waals surface area contributed by atoms with Gasteiger partial charge in [0.05, 0.1) is 12.1 Å². The van der Waals surface area contributed by atoms with E-state index in [9.17, 15) is 4.79 Å². The summed E-state index contributed by atoms with van der Waals surface area (Å²) >= 11 is 0. The summed E-state index contributed by atoms with van der Waals surface area (Å²) < 4.78 is 0. The molecule has 0 aliphatic carbocycles. The van der Waals surface area contributed by atoms with Crippen LogP contribution < -0.4 is 0 Å². The predicted molar refractivity (Wildman–Crippen MR) is 58.1 cm³/mol. The molecule has 0 spiro atoms. The summed E-state index contributed by atoms with van der Waals surface area (Å²) in [5, 5.41) is 6.01. The number of rotatable bonds is 3. The molecule has 0 saturated carbocycles. The summed E-state index contributed by atoms with van der Waals surface area (Å²) in [6, 6.07) is 0. The van der Waals surface area contributed by atoms with Crippen molar-refractivity contribution < 1.29 is 4.79 Å². The molecule has 0 unspecified atom stereocenters. The molecule has 3 nitrogen and oxygen atoms in total. The smallest absolute Gasteiger partial charge is 0.248 e. The van der Waals surface area contributed by atoms with Crippen LogP contribution in [-0.4, -0.2) is 23.2 Å². The zero-order valence-corrected chi connectivity index (χ0v) is 9.63. The molecule has 0 aromatic rings. The van der Waals surface area contributed by atoms with E-state index in [1.54, 1.807) is 5.01 Å². The Labute approximate surface area is 86.2 Å². The van der Waals surface area contributed by atoms with E-state index < -0.39 is 0 Å². The number of amides is 1. The molecule has 0 bridgehead atoms. The van der Waals surface area contributed by atoms with Gasteiger partial charge in [-0.2, -0.15) is 5.10 Å². The van der Waals surface area contributed by atoms with E-state index in [-0.39, 0.29) is 11.3 Å². The largest absolute Gasteiger partial charge is 0.273 e. The van der Waals surface area contributed by atoms with Gasteiger partial charge in [-0.1, -0.05) is 34.1 Å². The molecule has 0 fully saturated rings. The monoisotopic (exact) mass is 196 g/mol. The van der Waals surface area contributed by atoms with E-state index in [4.69, 9.17) is 0 Å². The van der Waals surface area contributed by atoms with Crippen molar-refractivity contribution in [1.82, 2.24) is 5.01 Å². The second-order valence-electron chi connectivity index (χ2n) is 4.84. The van der Waals surface area contributed by atoms with Gasteiger partial charge in [-0.05, 0) is 6.42 Å². The Bertz CT molecular complexity index is 251. The Balaban J connectivity index is 2.62. The van der Waals surface area contributed by atoms with Crippen LogP contribution in [0.15, 0.2) is 5.10 Å². The molecule has 0 N–H and O–H groups in total. The highest BCUT2D eigenvalue weighted by Gasteiger charge is 2.30. The molecule has 0 radical (unpaired) electrons. The van der Waals surface area contributed by atoms with E-state index in [2.05, 4.69) is 32.8 Å². The molecule has 0 aromatic heterocycles. The Morgan fingerprint density at radius 2 is 2.07 bits per heavy atom. The summed E-state index contributed by atoms with van der Waals surface area (Å²) in [5.74, 6) is 0.156. The van der Waals surface area contributed by atoms with Crippen molar-refractivity contribution in [2.75, 3.05) is 6.54 Å². The number of nitrogens with zero attached hydrogens (tertiary/aromatic N) is 2. The summed E-state index contributed by atoms with van der Waals surface area (Å²) in [6.07, 6.45) is 2.64. The summed E-state index contributed by atoms with van der Waals surface area (Å²) in [5.41, 5.74) is 1.04. The van der Waals surface area contributed by atoms with Gasteiger partial charge in [0.1, 0.15) is 0 Å². The number of hydrogen-bond acceptors (Lipinski definition) is 2. The van der Waals surface area contributed by atoms with Crippen LogP contribution in [0.5, 0.6) is 0 Å². The van der Waals surface area contributed by atoms with Crippen LogP contribution >= 0.6 is 0 Å². The van der Waals surface area contributed by atoms with Crippen LogP contribution in [0.2, 0.25) is 0 Å². The molecule has 1 heterocycles. The Kier molecular flexibility index (Phi) is 3.29. The lowest BCUT2D eigenvalue weighted by molar-refractivity contribution is -0.128. The third-order valence-corrected chi connectivity index (χ3v) is 2.44. The van der Waals surface area contributed by atoms with Crippen molar-refractivity contribution in [1.29, 1.82) is 0 Å². The maximum atomic E-state index is 11.5. The third-order valence-electron chi connectivity index (χ3n) is 2.44. The maximum Gasteiger partial charge on any atom is 0.248 e. The molecule has 0 saturated heterocycles. The SMILES string of the molecule is CCCCN1N=C(C(C)(C)C)CC1=O. The summed E-state index contributed by atoms with van der Waals surface area (Å²) in [6.45, 7) is 9.19. The van der Waals surface area contributed by atoms with Crippen LogP contribution in [0.25, 0.3) is 0 Å². The second kappa shape index (κ2) is 4.11. The first-order valence-corrected chi connectivity index (χ1v) is 5.33. The van der Waals surface area contributed by atoms with E-state index in [0.29, 0.717) is 6.42 Å². The van der Waals surface area contributed by atoms with E-state index in [0.717, 1.165) is 25.1 Å². The Morgan fingerprint density at radius 1 is 1.43 bits per heavy atom. The van der Waals surface area contributed by atoms with Gasteiger partial charge in [0, 0.05) is 12.0 Å². The van der Waals surface area contributed by atoms with Crippen LogP contribution in [-0.2, 0) is 4.79 Å². The number of carbonyl (C=O) groups is 1. The van der Waals surface area contributed by atoms with Crippen LogP contribution in [0.4, 0.5) is 0 Å². The van der Waals surface area contributed by atoms with Crippen molar-refractivity contribution in [3.05, 3.63) is 0 Å².